The van der Waals surface area contributed by atoms with Gasteiger partial charge in [0.15, 0.2) is 5.60 Å². The van der Waals surface area contributed by atoms with Gasteiger partial charge in [-0.1, -0.05) is 0 Å². The molecule has 0 aliphatic carbocycles. The molecule has 0 bridgehead atoms. The van der Waals surface area contributed by atoms with Gasteiger partial charge in [-0.05, 0) is 27.7 Å². The second-order valence-electron chi connectivity index (χ2n) is 5.50. The maximum Gasteiger partial charge on any atom is 0.258 e. The molecule has 1 aliphatic heterocycles. The molecule has 0 aromatic rings. The van der Waals surface area contributed by atoms with E-state index in [1.807, 2.05) is 0 Å². The minimum Gasteiger partial charge on any atom is -0.498 e. The molecule has 1 atom stereocenters. The van der Waals surface area contributed by atoms with Crippen LogP contribution in [0, 0.1) is 0 Å². The third-order valence-electron chi connectivity index (χ3n) is 3.50. The topological polar surface area (TPSA) is 80.6 Å². The molecule has 0 saturated carbocycles. The fraction of sp³-hybridized carbons (Fsp3) is 0.900. The number of nitrogens with zero attached hydrogens (tertiary/aromatic N) is 1. The lowest BCUT2D eigenvalue weighted by Crippen LogP contribution is -2.85. The van der Waals surface area contributed by atoms with E-state index in [0.29, 0.717) is 0 Å². The Morgan fingerprint density at radius 1 is 1.47 bits per heavy atom. The van der Waals surface area contributed by atoms with E-state index in [0.717, 1.165) is 0 Å². The van der Waals surface area contributed by atoms with Crippen molar-refractivity contribution in [2.24, 2.45) is 0 Å². The maximum absolute atomic E-state index is 11.1. The zero-order valence-electron chi connectivity index (χ0n) is 9.65. The summed E-state index contributed by atoms with van der Waals surface area (Å²) in [5, 5.41) is 30.3. The molecular weight excluding hydrogens is 198 g/mol. The first-order valence-corrected chi connectivity index (χ1v) is 5.04. The Kier molecular flexibility index (Phi) is 2.62. The van der Waals surface area contributed by atoms with Crippen molar-refractivity contribution in [3.63, 3.8) is 0 Å². The van der Waals surface area contributed by atoms with Gasteiger partial charge in [-0.15, -0.1) is 0 Å². The third-order valence-corrected chi connectivity index (χ3v) is 3.50. The van der Waals surface area contributed by atoms with E-state index < -0.39 is 23.3 Å². The Hall–Kier alpha value is -0.650. The highest BCUT2D eigenvalue weighted by Gasteiger charge is 2.63. The number of quaternary nitrogens is 1. The number of carboxylic acid groups (broad SMARTS) is 1. The predicted molar refractivity (Wildman–Crippen MR) is 51.8 cm³/mol. The first-order chi connectivity index (χ1) is 6.55. The van der Waals surface area contributed by atoms with Gasteiger partial charge in [-0.3, -0.25) is 4.48 Å². The lowest BCUT2D eigenvalue weighted by Gasteiger charge is -2.61. The van der Waals surface area contributed by atoms with Crippen LogP contribution in [-0.4, -0.2) is 51.1 Å². The Balaban J connectivity index is 2.92. The molecule has 5 nitrogen and oxygen atoms in total. The second kappa shape index (κ2) is 3.17. The lowest BCUT2D eigenvalue weighted by molar-refractivity contribution is -0.972. The van der Waals surface area contributed by atoms with Crippen molar-refractivity contribution in [2.75, 3.05) is 13.1 Å². The van der Waals surface area contributed by atoms with Crippen molar-refractivity contribution in [3.8, 4) is 0 Å². The van der Waals surface area contributed by atoms with E-state index in [4.69, 9.17) is 0 Å². The molecule has 88 valence electrons. The van der Waals surface area contributed by atoms with Crippen molar-refractivity contribution in [1.82, 2.24) is 0 Å². The summed E-state index contributed by atoms with van der Waals surface area (Å²) >= 11 is 0. The van der Waals surface area contributed by atoms with Crippen LogP contribution < -0.4 is 5.11 Å². The van der Waals surface area contributed by atoms with Crippen LogP contribution in [0.25, 0.3) is 0 Å². The number of amides is 1. The van der Waals surface area contributed by atoms with Gasteiger partial charge in [0.2, 0.25) is 0 Å². The van der Waals surface area contributed by atoms with E-state index in [9.17, 15) is 20.1 Å². The van der Waals surface area contributed by atoms with Gasteiger partial charge in [-0.25, -0.2) is 0 Å². The van der Waals surface area contributed by atoms with Crippen LogP contribution in [-0.2, 0) is 0 Å². The minimum absolute atomic E-state index is 0.00347. The fourth-order valence-electron chi connectivity index (χ4n) is 2.03. The maximum atomic E-state index is 11.1. The highest BCUT2D eigenvalue weighted by atomic mass is 16.4. The summed E-state index contributed by atoms with van der Waals surface area (Å²) in [5.41, 5.74) is -1.84. The summed E-state index contributed by atoms with van der Waals surface area (Å²) in [6.07, 6.45) is -2.13. The summed E-state index contributed by atoms with van der Waals surface area (Å²) in [7, 11) is 0. The number of carbonyl (C=O) groups is 1. The summed E-state index contributed by atoms with van der Waals surface area (Å²) < 4.78 is -0.311. The van der Waals surface area contributed by atoms with Crippen LogP contribution >= 0.6 is 0 Å². The largest absolute Gasteiger partial charge is 0.498 e. The molecule has 0 aromatic carbocycles. The summed E-state index contributed by atoms with van der Waals surface area (Å²) in [4.78, 5) is 11.1. The smallest absolute Gasteiger partial charge is 0.258 e. The molecule has 5 heteroatoms. The van der Waals surface area contributed by atoms with Gasteiger partial charge in [0.25, 0.3) is 6.09 Å². The molecule has 1 rings (SSSR count). The van der Waals surface area contributed by atoms with E-state index in [-0.39, 0.29) is 17.6 Å². The number of hydrogen-bond acceptors (Lipinski definition) is 4. The molecule has 2 N–H and O–H groups in total. The SMILES string of the molecule is CC(O)C1(O)C[N+](C(=O)[O-])(C(C)(C)C)C1. The Morgan fingerprint density at radius 2 is 1.87 bits per heavy atom. The predicted octanol–water partition coefficient (Wildman–Crippen LogP) is -0.929. The van der Waals surface area contributed by atoms with Gasteiger partial charge in [0, 0.05) is 0 Å². The number of aliphatic hydroxyl groups is 2. The first kappa shape index (κ1) is 12.4. The molecule has 0 radical (unpaired) electrons. The van der Waals surface area contributed by atoms with Gasteiger partial charge in [0.1, 0.15) is 13.1 Å². The van der Waals surface area contributed by atoms with Crippen molar-refractivity contribution >= 4 is 6.09 Å². The van der Waals surface area contributed by atoms with E-state index >= 15 is 0 Å². The Labute approximate surface area is 89.5 Å². The van der Waals surface area contributed by atoms with Gasteiger partial charge < -0.3 is 20.1 Å². The van der Waals surface area contributed by atoms with E-state index in [2.05, 4.69) is 0 Å². The lowest BCUT2D eigenvalue weighted by atomic mass is 9.81. The average Bonchev–Trinajstić information content (AvgIpc) is 1.94. The summed E-state index contributed by atoms with van der Waals surface area (Å²) in [5.74, 6) is 0. The molecule has 0 spiro atoms. The zero-order chi connectivity index (χ0) is 12.1. The highest BCUT2D eigenvalue weighted by molar-refractivity contribution is 5.56. The molecule has 1 unspecified atom stereocenters. The molecule has 15 heavy (non-hydrogen) atoms. The molecule has 1 heterocycles. The number of rotatable bonds is 1. The minimum atomic E-state index is -1.30. The molecule has 0 aromatic heterocycles. The Bertz CT molecular complexity index is 274. The van der Waals surface area contributed by atoms with Crippen LogP contribution in [0.5, 0.6) is 0 Å². The van der Waals surface area contributed by atoms with Crippen LogP contribution in [0.4, 0.5) is 4.79 Å². The van der Waals surface area contributed by atoms with Gasteiger partial charge in [0.05, 0.1) is 11.6 Å². The molecule has 1 amide bonds. The molecular formula is C10H19NO4. The van der Waals surface area contributed by atoms with Crippen molar-refractivity contribution in [3.05, 3.63) is 0 Å². The average molecular weight is 217 g/mol. The normalized spacial score (nSPS) is 38.3. The zero-order valence-corrected chi connectivity index (χ0v) is 9.65. The Morgan fingerprint density at radius 3 is 2.07 bits per heavy atom. The van der Waals surface area contributed by atoms with Crippen LogP contribution in [0.2, 0.25) is 0 Å². The number of aliphatic hydroxyl groups excluding tert-OH is 1. The van der Waals surface area contributed by atoms with Crippen molar-refractivity contribution < 1.29 is 24.6 Å². The fourth-order valence-corrected chi connectivity index (χ4v) is 2.03. The molecule has 1 saturated heterocycles. The molecule has 1 fully saturated rings. The van der Waals surface area contributed by atoms with Gasteiger partial charge >= 0.3 is 0 Å². The summed E-state index contributed by atoms with van der Waals surface area (Å²) in [6, 6.07) is 0. The van der Waals surface area contributed by atoms with Crippen LogP contribution in [0.1, 0.15) is 27.7 Å². The quantitative estimate of drug-likeness (QED) is 0.556. The monoisotopic (exact) mass is 217 g/mol. The van der Waals surface area contributed by atoms with Gasteiger partial charge in [-0.2, -0.15) is 0 Å². The number of hydrogen-bond donors (Lipinski definition) is 2. The van der Waals surface area contributed by atoms with Crippen LogP contribution in [0.3, 0.4) is 0 Å². The number of carbonyl (C=O) groups excluding carboxylic acids is 1. The number of likely N-dealkylation sites (tertiary alicyclic amines) is 1. The summed E-state index contributed by atoms with van der Waals surface area (Å²) in [6.45, 7) is 6.80. The standard InChI is InChI=1S/C10H19NO4/c1-7(12)10(15)5-11(6-10,8(13)14)9(2,3)4/h7,12,15H,5-6H2,1-4H3. The van der Waals surface area contributed by atoms with Crippen LogP contribution in [0.15, 0.2) is 0 Å². The highest BCUT2D eigenvalue weighted by Crippen LogP contribution is 2.39. The molecule has 1 aliphatic rings. The van der Waals surface area contributed by atoms with Crippen molar-refractivity contribution in [1.29, 1.82) is 0 Å². The second-order valence-corrected chi connectivity index (χ2v) is 5.50. The van der Waals surface area contributed by atoms with E-state index in [1.54, 1.807) is 20.8 Å². The van der Waals surface area contributed by atoms with Crippen molar-refractivity contribution in [2.45, 2.75) is 44.9 Å². The third kappa shape index (κ3) is 1.64. The first-order valence-electron chi connectivity index (χ1n) is 5.04. The van der Waals surface area contributed by atoms with E-state index in [1.165, 1.54) is 6.92 Å².